The zero-order valence-electron chi connectivity index (χ0n) is 19.5. The number of aryl methyl sites for hydroxylation is 1. The number of rotatable bonds is 8. The predicted molar refractivity (Wildman–Crippen MR) is 124 cm³/mol. The van der Waals surface area contributed by atoms with Gasteiger partial charge in [0.15, 0.2) is 11.6 Å². The van der Waals surface area contributed by atoms with E-state index < -0.39 is 5.82 Å². The molecule has 4 rings (SSSR count). The van der Waals surface area contributed by atoms with E-state index in [1.807, 2.05) is 13.0 Å². The second-order valence-corrected chi connectivity index (χ2v) is 8.82. The summed E-state index contributed by atoms with van der Waals surface area (Å²) in [6.45, 7) is 3.50. The molecule has 9 nitrogen and oxygen atoms in total. The molecule has 0 saturated heterocycles. The summed E-state index contributed by atoms with van der Waals surface area (Å²) in [7, 11) is 1.40. The number of amides is 1. The van der Waals surface area contributed by atoms with Crippen LogP contribution in [0.2, 0.25) is 0 Å². The largest absolute Gasteiger partial charge is 0.494 e. The molecular weight excluding hydrogens is 437 g/mol. The number of nitrogens with one attached hydrogen (secondary N) is 1. The quantitative estimate of drug-likeness (QED) is 0.522. The Hall–Kier alpha value is -3.40. The van der Waals surface area contributed by atoms with Crippen molar-refractivity contribution in [3.05, 3.63) is 53.1 Å². The van der Waals surface area contributed by atoms with Gasteiger partial charge < -0.3 is 15.8 Å². The molecule has 180 valence electrons. The Kier molecular flexibility index (Phi) is 7.46. The number of halogens is 1. The van der Waals surface area contributed by atoms with Gasteiger partial charge in [-0.1, -0.05) is 6.07 Å². The average Bonchev–Trinajstić information content (AvgIpc) is 3.32. The van der Waals surface area contributed by atoms with E-state index in [9.17, 15) is 9.18 Å². The van der Waals surface area contributed by atoms with Crippen molar-refractivity contribution in [3.63, 3.8) is 0 Å². The molecular formula is C24H30FN7O2. The number of benzene rings is 1. The SMILES string of the molecule is COc1cc(CNC(=O)c2cc(-c3nnn(CC4CCC(CN)CC4)n3)cc(C)n2)ccc1F. The Labute approximate surface area is 197 Å². The Balaban J connectivity index is 1.41. The summed E-state index contributed by atoms with van der Waals surface area (Å²) >= 11 is 0. The highest BCUT2D eigenvalue weighted by Crippen LogP contribution is 2.29. The molecule has 0 bridgehead atoms. The van der Waals surface area contributed by atoms with E-state index in [1.165, 1.54) is 13.2 Å². The number of tetrazole rings is 1. The normalized spacial score (nSPS) is 18.0. The monoisotopic (exact) mass is 467 g/mol. The molecule has 1 saturated carbocycles. The first-order valence-corrected chi connectivity index (χ1v) is 11.5. The molecule has 1 fully saturated rings. The molecule has 0 radical (unpaired) electrons. The van der Waals surface area contributed by atoms with Gasteiger partial charge in [0.05, 0.1) is 13.7 Å². The standard InChI is InChI=1S/C24H30FN7O2/c1-15-9-19(23-29-31-32(30-23)14-17-5-3-16(12-26)4-6-17)11-21(28-15)24(33)27-13-18-7-8-20(25)22(10-18)34-2/h7-11,16-17H,3-6,12-14,26H2,1-2H3,(H,27,33). The lowest BCUT2D eigenvalue weighted by Crippen LogP contribution is -2.24. The van der Waals surface area contributed by atoms with Crippen LogP contribution < -0.4 is 15.8 Å². The lowest BCUT2D eigenvalue weighted by molar-refractivity contribution is 0.0945. The van der Waals surface area contributed by atoms with Crippen molar-refractivity contribution >= 4 is 5.91 Å². The molecule has 10 heteroatoms. The van der Waals surface area contributed by atoms with Crippen LogP contribution in [0.5, 0.6) is 5.75 Å². The molecule has 3 N–H and O–H groups in total. The smallest absolute Gasteiger partial charge is 0.270 e. The molecule has 34 heavy (non-hydrogen) atoms. The van der Waals surface area contributed by atoms with Gasteiger partial charge in [0, 0.05) is 17.8 Å². The molecule has 0 spiro atoms. The van der Waals surface area contributed by atoms with Crippen LogP contribution in [0.3, 0.4) is 0 Å². The predicted octanol–water partition coefficient (Wildman–Crippen LogP) is 2.89. The summed E-state index contributed by atoms with van der Waals surface area (Å²) in [4.78, 5) is 18.7. The molecule has 1 amide bonds. The number of carbonyl (C=O) groups is 1. The average molecular weight is 468 g/mol. The number of aromatic nitrogens is 5. The van der Waals surface area contributed by atoms with Crippen LogP contribution in [0.1, 0.15) is 47.4 Å². The Morgan fingerprint density at radius 1 is 1.21 bits per heavy atom. The number of nitrogens with two attached hydrogens (primary N) is 1. The Morgan fingerprint density at radius 2 is 1.97 bits per heavy atom. The van der Waals surface area contributed by atoms with E-state index in [2.05, 4.69) is 25.7 Å². The molecule has 3 aromatic rings. The molecule has 0 aliphatic heterocycles. The maximum atomic E-state index is 13.6. The Bertz CT molecular complexity index is 1140. The zero-order chi connectivity index (χ0) is 24.1. The zero-order valence-corrected chi connectivity index (χ0v) is 19.5. The van der Waals surface area contributed by atoms with Crippen molar-refractivity contribution in [1.29, 1.82) is 0 Å². The van der Waals surface area contributed by atoms with Gasteiger partial charge in [0.2, 0.25) is 5.82 Å². The first-order chi connectivity index (χ1) is 16.4. The highest BCUT2D eigenvalue weighted by atomic mass is 19.1. The molecule has 2 aromatic heterocycles. The maximum Gasteiger partial charge on any atom is 0.270 e. The van der Waals surface area contributed by atoms with Crippen LogP contribution in [0.25, 0.3) is 11.4 Å². The first kappa shape index (κ1) is 23.7. The third-order valence-corrected chi connectivity index (χ3v) is 6.29. The summed E-state index contributed by atoms with van der Waals surface area (Å²) < 4.78 is 18.6. The number of nitrogens with zero attached hydrogens (tertiary/aromatic N) is 5. The van der Waals surface area contributed by atoms with Crippen molar-refractivity contribution in [1.82, 2.24) is 30.5 Å². The minimum Gasteiger partial charge on any atom is -0.494 e. The van der Waals surface area contributed by atoms with E-state index in [1.54, 1.807) is 23.0 Å². The van der Waals surface area contributed by atoms with Crippen molar-refractivity contribution in [2.45, 2.75) is 45.7 Å². The lowest BCUT2D eigenvalue weighted by atomic mass is 9.82. The number of hydrogen-bond donors (Lipinski definition) is 2. The number of methoxy groups -OCH3 is 1. The highest BCUT2D eigenvalue weighted by Gasteiger charge is 2.22. The molecule has 0 atom stereocenters. The topological polar surface area (TPSA) is 121 Å². The second-order valence-electron chi connectivity index (χ2n) is 8.82. The van der Waals surface area contributed by atoms with E-state index in [0.29, 0.717) is 34.5 Å². The van der Waals surface area contributed by atoms with Crippen molar-refractivity contribution in [2.75, 3.05) is 13.7 Å². The summed E-state index contributed by atoms with van der Waals surface area (Å²) in [5, 5.41) is 15.8. The van der Waals surface area contributed by atoms with Gasteiger partial charge in [-0.3, -0.25) is 4.79 Å². The fraction of sp³-hybridized carbons (Fsp3) is 0.458. The highest BCUT2D eigenvalue weighted by molar-refractivity contribution is 5.93. The van der Waals surface area contributed by atoms with Gasteiger partial charge in [-0.25, -0.2) is 9.37 Å². The van der Waals surface area contributed by atoms with Gasteiger partial charge in [-0.15, -0.1) is 10.2 Å². The van der Waals surface area contributed by atoms with Crippen LogP contribution >= 0.6 is 0 Å². The Morgan fingerprint density at radius 3 is 2.71 bits per heavy atom. The van der Waals surface area contributed by atoms with Gasteiger partial charge in [-0.05, 0) is 86.0 Å². The van der Waals surface area contributed by atoms with E-state index in [-0.39, 0.29) is 23.9 Å². The third-order valence-electron chi connectivity index (χ3n) is 6.29. The minimum atomic E-state index is -0.452. The summed E-state index contributed by atoms with van der Waals surface area (Å²) in [6.07, 6.45) is 4.54. The fourth-order valence-corrected chi connectivity index (χ4v) is 4.32. The van der Waals surface area contributed by atoms with Gasteiger partial charge in [0.25, 0.3) is 5.91 Å². The van der Waals surface area contributed by atoms with Crippen molar-refractivity contribution in [2.24, 2.45) is 17.6 Å². The first-order valence-electron chi connectivity index (χ1n) is 11.5. The third kappa shape index (κ3) is 5.74. The maximum absolute atomic E-state index is 13.6. The van der Waals surface area contributed by atoms with E-state index in [0.717, 1.165) is 38.8 Å². The van der Waals surface area contributed by atoms with Crippen LogP contribution in [0.4, 0.5) is 4.39 Å². The van der Waals surface area contributed by atoms with E-state index >= 15 is 0 Å². The van der Waals surface area contributed by atoms with Gasteiger partial charge in [-0.2, -0.15) is 4.80 Å². The summed E-state index contributed by atoms with van der Waals surface area (Å²) in [6, 6.07) is 7.94. The minimum absolute atomic E-state index is 0.129. The number of hydrogen-bond acceptors (Lipinski definition) is 7. The number of pyridine rings is 1. The molecule has 0 unspecified atom stereocenters. The van der Waals surface area contributed by atoms with Gasteiger partial charge in [0.1, 0.15) is 5.69 Å². The van der Waals surface area contributed by atoms with Gasteiger partial charge >= 0.3 is 0 Å². The molecule has 1 aliphatic rings. The van der Waals surface area contributed by atoms with Crippen LogP contribution in [-0.4, -0.2) is 44.8 Å². The molecule has 1 aromatic carbocycles. The van der Waals surface area contributed by atoms with E-state index in [4.69, 9.17) is 10.5 Å². The second kappa shape index (κ2) is 10.7. The molecule has 2 heterocycles. The van der Waals surface area contributed by atoms with Crippen LogP contribution in [0.15, 0.2) is 30.3 Å². The molecule has 1 aliphatic carbocycles. The lowest BCUT2D eigenvalue weighted by Gasteiger charge is -2.26. The van der Waals surface area contributed by atoms with Crippen molar-refractivity contribution in [3.8, 4) is 17.1 Å². The van der Waals surface area contributed by atoms with Crippen LogP contribution in [0, 0.1) is 24.6 Å². The number of carbonyl (C=O) groups excluding carboxylic acids is 1. The number of ether oxygens (including phenoxy) is 1. The fourth-order valence-electron chi connectivity index (χ4n) is 4.32. The summed E-state index contributed by atoms with van der Waals surface area (Å²) in [5.41, 5.74) is 8.10. The van der Waals surface area contributed by atoms with Crippen molar-refractivity contribution < 1.29 is 13.9 Å². The summed E-state index contributed by atoms with van der Waals surface area (Å²) in [5.74, 6) is 0.937. The van der Waals surface area contributed by atoms with Crippen LogP contribution in [-0.2, 0) is 13.1 Å².